The average Bonchev–Trinajstić information content (AvgIpc) is 2.61. The second kappa shape index (κ2) is 6.29. The van der Waals surface area contributed by atoms with Gasteiger partial charge in [-0.25, -0.2) is 0 Å². The monoisotopic (exact) mass is 225 g/mol. The van der Waals surface area contributed by atoms with Crippen LogP contribution in [0, 0.1) is 6.92 Å². The van der Waals surface area contributed by atoms with Gasteiger partial charge >= 0.3 is 0 Å². The van der Waals surface area contributed by atoms with Crippen molar-refractivity contribution in [2.45, 2.75) is 52.5 Å². The first-order chi connectivity index (χ1) is 7.15. The molecular weight excluding hydrogens is 202 g/mol. The van der Waals surface area contributed by atoms with E-state index in [0.29, 0.717) is 12.0 Å². The Morgan fingerprint density at radius 3 is 2.67 bits per heavy atom. The zero-order chi connectivity index (χ0) is 11.3. The second-order valence-electron chi connectivity index (χ2n) is 4.42. The molecule has 0 radical (unpaired) electrons. The fourth-order valence-corrected chi connectivity index (χ4v) is 2.86. The molecule has 0 aliphatic heterocycles. The highest BCUT2D eigenvalue weighted by Crippen LogP contribution is 2.27. The van der Waals surface area contributed by atoms with Crippen molar-refractivity contribution < 1.29 is 0 Å². The maximum Gasteiger partial charge on any atom is 0.00489 e. The van der Waals surface area contributed by atoms with Gasteiger partial charge in [0.15, 0.2) is 0 Å². The molecule has 0 bridgehead atoms. The van der Waals surface area contributed by atoms with Crippen molar-refractivity contribution in [3.05, 3.63) is 21.9 Å². The molecule has 0 aromatic carbocycles. The molecule has 0 spiro atoms. The summed E-state index contributed by atoms with van der Waals surface area (Å²) >= 11 is 1.86. The number of aryl methyl sites for hydroxylation is 1. The molecular formula is C13H23NS. The predicted molar refractivity (Wildman–Crippen MR) is 69.8 cm³/mol. The van der Waals surface area contributed by atoms with Crippen LogP contribution in [0.25, 0.3) is 0 Å². The van der Waals surface area contributed by atoms with Crippen molar-refractivity contribution in [3.63, 3.8) is 0 Å². The molecule has 0 saturated heterocycles. The van der Waals surface area contributed by atoms with E-state index in [4.69, 9.17) is 0 Å². The summed E-state index contributed by atoms with van der Waals surface area (Å²) in [5.41, 5.74) is 1.53. The van der Waals surface area contributed by atoms with Gasteiger partial charge in [0.1, 0.15) is 0 Å². The van der Waals surface area contributed by atoms with Crippen LogP contribution >= 0.6 is 11.3 Å². The third-order valence-corrected chi connectivity index (χ3v) is 3.74. The number of nitrogens with one attached hydrogen (secondary N) is 1. The summed E-state index contributed by atoms with van der Waals surface area (Å²) in [4.78, 5) is 1.48. The molecule has 1 nitrogen and oxygen atoms in total. The van der Waals surface area contributed by atoms with Gasteiger partial charge in [0.05, 0.1) is 0 Å². The van der Waals surface area contributed by atoms with E-state index in [1.165, 1.54) is 23.3 Å². The Bertz CT molecular complexity index is 280. The SMILES string of the molecule is CCCNC(C)CC(C)c1ccsc1C. The van der Waals surface area contributed by atoms with Gasteiger partial charge in [0, 0.05) is 10.9 Å². The van der Waals surface area contributed by atoms with Gasteiger partial charge in [-0.3, -0.25) is 0 Å². The molecule has 0 saturated carbocycles. The number of thiophene rings is 1. The van der Waals surface area contributed by atoms with E-state index in [2.05, 4.69) is 44.5 Å². The summed E-state index contributed by atoms with van der Waals surface area (Å²) in [6.07, 6.45) is 2.45. The molecule has 1 aromatic rings. The Morgan fingerprint density at radius 2 is 2.13 bits per heavy atom. The van der Waals surface area contributed by atoms with Crippen LogP contribution in [0.2, 0.25) is 0 Å². The Kier molecular flexibility index (Phi) is 5.34. The molecule has 2 atom stereocenters. The summed E-state index contributed by atoms with van der Waals surface area (Å²) in [5.74, 6) is 0.676. The van der Waals surface area contributed by atoms with Crippen LogP contribution in [-0.2, 0) is 0 Å². The largest absolute Gasteiger partial charge is 0.314 e. The molecule has 1 N–H and O–H groups in total. The molecule has 1 heterocycles. The maximum absolute atomic E-state index is 3.55. The highest BCUT2D eigenvalue weighted by molar-refractivity contribution is 7.10. The normalized spacial score (nSPS) is 15.2. The molecule has 1 aromatic heterocycles. The second-order valence-corrected chi connectivity index (χ2v) is 5.54. The van der Waals surface area contributed by atoms with Crippen molar-refractivity contribution >= 4 is 11.3 Å². The smallest absolute Gasteiger partial charge is 0.00489 e. The standard InChI is InChI=1S/C13H23NS/c1-5-7-14-11(3)9-10(2)13-6-8-15-12(13)4/h6,8,10-11,14H,5,7,9H2,1-4H3. The van der Waals surface area contributed by atoms with E-state index in [-0.39, 0.29) is 0 Å². The van der Waals surface area contributed by atoms with Gasteiger partial charge in [-0.2, -0.15) is 0 Å². The van der Waals surface area contributed by atoms with Gasteiger partial charge in [0.25, 0.3) is 0 Å². The van der Waals surface area contributed by atoms with Gasteiger partial charge in [-0.15, -0.1) is 11.3 Å². The molecule has 0 aliphatic carbocycles. The molecule has 86 valence electrons. The third kappa shape index (κ3) is 3.96. The van der Waals surface area contributed by atoms with Gasteiger partial charge in [0.2, 0.25) is 0 Å². The third-order valence-electron chi connectivity index (χ3n) is 2.88. The van der Waals surface area contributed by atoms with E-state index in [1.807, 2.05) is 11.3 Å². The maximum atomic E-state index is 3.55. The summed E-state index contributed by atoms with van der Waals surface area (Å²) in [6, 6.07) is 2.90. The zero-order valence-corrected chi connectivity index (χ0v) is 11.2. The molecule has 15 heavy (non-hydrogen) atoms. The summed E-state index contributed by atoms with van der Waals surface area (Å²) in [7, 11) is 0. The van der Waals surface area contributed by atoms with Crippen LogP contribution in [0.1, 0.15) is 50.0 Å². The van der Waals surface area contributed by atoms with Crippen molar-refractivity contribution in [3.8, 4) is 0 Å². The van der Waals surface area contributed by atoms with Crippen molar-refractivity contribution in [2.24, 2.45) is 0 Å². The summed E-state index contributed by atoms with van der Waals surface area (Å²) in [6.45, 7) is 10.2. The minimum atomic E-state index is 0.624. The Morgan fingerprint density at radius 1 is 1.40 bits per heavy atom. The minimum absolute atomic E-state index is 0.624. The van der Waals surface area contributed by atoms with Crippen LogP contribution in [0.3, 0.4) is 0 Å². The molecule has 0 amide bonds. The first-order valence-electron chi connectivity index (χ1n) is 5.92. The van der Waals surface area contributed by atoms with Crippen molar-refractivity contribution in [2.75, 3.05) is 6.54 Å². The lowest BCUT2D eigenvalue weighted by atomic mass is 9.95. The van der Waals surface area contributed by atoms with Crippen LogP contribution in [0.5, 0.6) is 0 Å². The lowest BCUT2D eigenvalue weighted by molar-refractivity contribution is 0.479. The highest BCUT2D eigenvalue weighted by Gasteiger charge is 2.12. The number of rotatable bonds is 6. The quantitative estimate of drug-likeness (QED) is 0.773. The van der Waals surface area contributed by atoms with E-state index in [9.17, 15) is 0 Å². The summed E-state index contributed by atoms with van der Waals surface area (Å²) in [5, 5.41) is 5.75. The molecule has 2 heteroatoms. The van der Waals surface area contributed by atoms with E-state index < -0.39 is 0 Å². The molecule has 2 unspecified atom stereocenters. The van der Waals surface area contributed by atoms with Crippen LogP contribution in [0.15, 0.2) is 11.4 Å². The Balaban J connectivity index is 2.42. The molecule has 1 rings (SSSR count). The fraction of sp³-hybridized carbons (Fsp3) is 0.692. The minimum Gasteiger partial charge on any atom is -0.314 e. The van der Waals surface area contributed by atoms with E-state index in [1.54, 1.807) is 0 Å². The van der Waals surface area contributed by atoms with Crippen molar-refractivity contribution in [1.82, 2.24) is 5.32 Å². The lowest BCUT2D eigenvalue weighted by Gasteiger charge is -2.18. The van der Waals surface area contributed by atoms with E-state index in [0.717, 1.165) is 6.54 Å². The topological polar surface area (TPSA) is 12.0 Å². The summed E-state index contributed by atoms with van der Waals surface area (Å²) < 4.78 is 0. The molecule has 0 fully saturated rings. The van der Waals surface area contributed by atoms with Gasteiger partial charge in [-0.05, 0) is 56.2 Å². The Hall–Kier alpha value is -0.340. The average molecular weight is 225 g/mol. The van der Waals surface area contributed by atoms with Crippen LogP contribution < -0.4 is 5.32 Å². The van der Waals surface area contributed by atoms with Gasteiger partial charge < -0.3 is 5.32 Å². The number of hydrogen-bond acceptors (Lipinski definition) is 2. The van der Waals surface area contributed by atoms with Crippen LogP contribution in [0.4, 0.5) is 0 Å². The van der Waals surface area contributed by atoms with E-state index >= 15 is 0 Å². The predicted octanol–water partition coefficient (Wildman–Crippen LogP) is 3.94. The van der Waals surface area contributed by atoms with Crippen molar-refractivity contribution in [1.29, 1.82) is 0 Å². The van der Waals surface area contributed by atoms with Gasteiger partial charge in [-0.1, -0.05) is 13.8 Å². The Labute approximate surface area is 97.9 Å². The molecule has 0 aliphatic rings. The first-order valence-corrected chi connectivity index (χ1v) is 6.80. The van der Waals surface area contributed by atoms with Crippen LogP contribution in [-0.4, -0.2) is 12.6 Å². The zero-order valence-electron chi connectivity index (χ0n) is 10.3. The number of hydrogen-bond donors (Lipinski definition) is 1. The lowest BCUT2D eigenvalue weighted by Crippen LogP contribution is -2.28. The highest BCUT2D eigenvalue weighted by atomic mass is 32.1. The first kappa shape index (κ1) is 12.7. The fourth-order valence-electron chi connectivity index (χ4n) is 2.04.